The molecular weight excluding hydrogens is 1630 g/mol. The average molecular weight is 1730 g/mol. The van der Waals surface area contributed by atoms with Crippen molar-refractivity contribution in [1.82, 2.24) is 0 Å². The molecule has 4 heterocycles. The Morgan fingerprint density at radius 1 is 0.187 bits per heavy atom. The predicted molar refractivity (Wildman–Crippen MR) is 566 cm³/mol. The van der Waals surface area contributed by atoms with Gasteiger partial charge in [-0.15, -0.1) is 0 Å². The predicted octanol–water partition coefficient (Wildman–Crippen LogP) is 37.6. The molecule has 648 valence electrons. The Morgan fingerprint density at radius 2 is 0.433 bits per heavy atom. The fraction of sp³-hybridized carbons (Fsp3) is 0.200. The Kier molecular flexibility index (Phi) is 18.2. The second kappa shape index (κ2) is 30.6. The molecule has 0 amide bonds. The van der Waals surface area contributed by atoms with Gasteiger partial charge in [0.05, 0.1) is 0 Å². The zero-order valence-electron chi connectivity index (χ0n) is 77.7. The van der Waals surface area contributed by atoms with Gasteiger partial charge in [-0.25, -0.2) is 0 Å². The van der Waals surface area contributed by atoms with Crippen molar-refractivity contribution in [3.63, 3.8) is 0 Å². The summed E-state index contributed by atoms with van der Waals surface area (Å²) in [5, 5.41) is 23.6. The van der Waals surface area contributed by atoms with E-state index in [9.17, 15) is 0 Å². The van der Waals surface area contributed by atoms with Crippen molar-refractivity contribution in [3.8, 4) is 89.0 Å². The zero-order chi connectivity index (χ0) is 89.3. The summed E-state index contributed by atoms with van der Waals surface area (Å²) in [6.07, 6.45) is 20.4. The standard InChI is InChI=1S/C68H58O2.C62H46O2/c1-39-15-11-16-40(2)63(39)53-37-59-66-56(36-58-52-30-28-50(34-62(52)69-67(58)59)48-26-14-24-46(32-48)44-21-9-6-10-22-44)54(64-41(3)17-12-18-42(64)4)38-60-65(66)55(53)35-57-51-29-27-49(33-61(51)70-68(57)60)47-25-13-23-45(31-47)43-19-7-5-8-20-43;1-33-9-5-10-34(2)57(33)47-31-53-60-50(30-52-46-24-22-44(28-56(46)63-61(52)53)42-20-18-38-14-8-16-40(38)26-42)48(58-35(3)11-6-12-36(58)4)32-54-59(60)49(47)29-51-45-23-21-43(27-55(45)64-62(51)54)41-19-17-37-13-7-15-39(37)25-41/h11-18,23-38,43-44H,5-10,19-22H2,1-4H3;5-6,9-12,17-32H,7-8,13-16H2,1-4H3. The molecule has 0 radical (unpaired) electrons. The molecule has 0 N–H and O–H groups in total. The lowest BCUT2D eigenvalue weighted by Gasteiger charge is -2.22. The van der Waals surface area contributed by atoms with E-state index in [-0.39, 0.29) is 0 Å². The first-order chi connectivity index (χ1) is 65.7. The molecular formula is C130H104O4. The zero-order valence-corrected chi connectivity index (χ0v) is 77.7. The van der Waals surface area contributed by atoms with E-state index in [4.69, 9.17) is 17.7 Å². The molecule has 28 rings (SSSR count). The van der Waals surface area contributed by atoms with Crippen LogP contribution in [0.1, 0.15) is 167 Å². The summed E-state index contributed by atoms with van der Waals surface area (Å²) >= 11 is 0. The van der Waals surface area contributed by atoms with Gasteiger partial charge in [0.1, 0.15) is 44.7 Å². The van der Waals surface area contributed by atoms with Crippen molar-refractivity contribution in [1.29, 1.82) is 0 Å². The number of hydrogen-bond donors (Lipinski definition) is 0. The second-order valence-electron chi connectivity index (χ2n) is 40.5. The number of furan rings is 4. The molecule has 20 aromatic carbocycles. The summed E-state index contributed by atoms with van der Waals surface area (Å²) in [6, 6.07) is 107. The molecule has 0 atom stereocenters. The highest BCUT2D eigenvalue weighted by Gasteiger charge is 2.32. The summed E-state index contributed by atoms with van der Waals surface area (Å²) in [4.78, 5) is 0. The molecule has 0 bridgehead atoms. The molecule has 134 heavy (non-hydrogen) atoms. The molecule has 0 saturated heterocycles. The Morgan fingerprint density at radius 3 is 0.716 bits per heavy atom. The topological polar surface area (TPSA) is 52.6 Å². The van der Waals surface area contributed by atoms with Gasteiger partial charge in [-0.1, -0.05) is 221 Å². The highest BCUT2D eigenvalue weighted by Crippen LogP contribution is 2.57. The van der Waals surface area contributed by atoms with Crippen LogP contribution in [0.5, 0.6) is 0 Å². The maximum absolute atomic E-state index is 7.28. The van der Waals surface area contributed by atoms with E-state index in [2.05, 4.69) is 334 Å². The van der Waals surface area contributed by atoms with E-state index >= 15 is 0 Å². The normalized spacial score (nSPS) is 14.6. The van der Waals surface area contributed by atoms with Crippen molar-refractivity contribution in [3.05, 3.63) is 357 Å². The minimum absolute atomic E-state index is 0.652. The molecule has 4 aromatic heterocycles. The van der Waals surface area contributed by atoms with E-state index in [1.165, 1.54) is 300 Å². The number of rotatable bonds is 10. The van der Waals surface area contributed by atoms with Crippen LogP contribution in [0.3, 0.4) is 0 Å². The summed E-state index contributed by atoms with van der Waals surface area (Å²) < 4.78 is 29.0. The minimum Gasteiger partial charge on any atom is -0.455 e. The van der Waals surface area contributed by atoms with Gasteiger partial charge < -0.3 is 17.7 Å². The number of hydrogen-bond acceptors (Lipinski definition) is 4. The molecule has 4 aliphatic carbocycles. The third kappa shape index (κ3) is 12.4. The Bertz CT molecular complexity index is 8510. The van der Waals surface area contributed by atoms with Crippen LogP contribution in [0, 0.1) is 55.4 Å². The van der Waals surface area contributed by atoms with Gasteiger partial charge in [-0.3, -0.25) is 0 Å². The van der Waals surface area contributed by atoms with Crippen molar-refractivity contribution < 1.29 is 17.7 Å². The van der Waals surface area contributed by atoms with Crippen molar-refractivity contribution in [2.45, 2.75) is 170 Å². The molecule has 0 spiro atoms. The maximum atomic E-state index is 7.28. The highest BCUT2D eigenvalue weighted by atomic mass is 16.3. The van der Waals surface area contributed by atoms with Crippen molar-refractivity contribution in [2.24, 2.45) is 0 Å². The second-order valence-corrected chi connectivity index (χ2v) is 40.5. The first kappa shape index (κ1) is 79.4. The van der Waals surface area contributed by atoms with Gasteiger partial charge in [-0.2, -0.15) is 0 Å². The molecule has 2 fully saturated rings. The minimum atomic E-state index is 0.652. The van der Waals surface area contributed by atoms with Gasteiger partial charge in [0.15, 0.2) is 0 Å². The smallest absolute Gasteiger partial charge is 0.143 e. The van der Waals surface area contributed by atoms with Crippen LogP contribution >= 0.6 is 0 Å². The van der Waals surface area contributed by atoms with Gasteiger partial charge in [0.25, 0.3) is 0 Å². The molecule has 4 aliphatic rings. The Balaban J connectivity index is 0.000000137. The van der Waals surface area contributed by atoms with E-state index in [0.717, 1.165) is 122 Å². The van der Waals surface area contributed by atoms with E-state index in [1.807, 2.05) is 0 Å². The maximum Gasteiger partial charge on any atom is 0.143 e. The van der Waals surface area contributed by atoms with Crippen LogP contribution in [0.15, 0.2) is 297 Å². The van der Waals surface area contributed by atoms with Crippen LogP contribution < -0.4 is 0 Å². The SMILES string of the molecule is Cc1cccc(C)c1-c1cc2c3oc4cc(-c5ccc6c(c5)CCC6)ccc4c3cc3c(-c4c(C)cccc4C)cc4c5oc6cc(-c7ccc8c(c7)CCC8)ccc6c5cc1c4c32.Cc1cccc(C)c1-c1cc2c3oc4cc(-c5cccc(C6CCCCC6)c5)ccc4c3cc3c(-c4c(C)cccc4C)cc4c5oc6cc(-c7cccc(C8CCCCC8)c7)ccc6c5cc1c4c32. The summed E-state index contributed by atoms with van der Waals surface area (Å²) in [5.41, 5.74) is 46.3. The molecule has 2 saturated carbocycles. The summed E-state index contributed by atoms with van der Waals surface area (Å²) in [5.74, 6) is 1.30. The molecule has 4 heteroatoms. The summed E-state index contributed by atoms with van der Waals surface area (Å²) in [6.45, 7) is 18.1. The van der Waals surface area contributed by atoms with Gasteiger partial charge in [-0.05, 0) is 417 Å². The molecule has 0 aliphatic heterocycles. The summed E-state index contributed by atoms with van der Waals surface area (Å²) in [7, 11) is 0. The van der Waals surface area contributed by atoms with Crippen LogP contribution in [0.4, 0.5) is 0 Å². The van der Waals surface area contributed by atoms with Gasteiger partial charge in [0.2, 0.25) is 0 Å². The van der Waals surface area contributed by atoms with E-state index in [1.54, 1.807) is 0 Å². The average Bonchev–Trinajstić information content (AvgIpc) is 1.47. The van der Waals surface area contributed by atoms with Crippen LogP contribution in [0.25, 0.3) is 241 Å². The van der Waals surface area contributed by atoms with Crippen LogP contribution in [-0.2, 0) is 25.7 Å². The van der Waals surface area contributed by atoms with Crippen LogP contribution in [-0.4, -0.2) is 0 Å². The Hall–Kier alpha value is -14.3. The fourth-order valence-electron chi connectivity index (χ4n) is 25.9. The van der Waals surface area contributed by atoms with Crippen molar-refractivity contribution in [2.75, 3.05) is 0 Å². The lowest BCUT2D eigenvalue weighted by atomic mass is 9.81. The quantitative estimate of drug-likeness (QED) is 0.128. The first-order valence-electron chi connectivity index (χ1n) is 49.4. The van der Waals surface area contributed by atoms with Gasteiger partial charge >= 0.3 is 0 Å². The third-order valence-corrected chi connectivity index (χ3v) is 32.5. The molecule has 0 unspecified atom stereocenters. The molecule has 24 aromatic rings. The highest BCUT2D eigenvalue weighted by molar-refractivity contribution is 6.41. The monoisotopic (exact) mass is 1730 g/mol. The molecule has 4 nitrogen and oxygen atoms in total. The largest absolute Gasteiger partial charge is 0.455 e. The number of fused-ring (bicyclic) bond motifs is 18. The van der Waals surface area contributed by atoms with Gasteiger partial charge in [0, 0.05) is 86.2 Å². The van der Waals surface area contributed by atoms with E-state index in [0.29, 0.717) is 11.8 Å². The fourth-order valence-corrected chi connectivity index (χ4v) is 25.9. The van der Waals surface area contributed by atoms with Crippen molar-refractivity contribution >= 4 is 152 Å². The first-order valence-corrected chi connectivity index (χ1v) is 49.4. The Labute approximate surface area is 780 Å². The lowest BCUT2D eigenvalue weighted by molar-refractivity contribution is 0.444. The lowest BCUT2D eigenvalue weighted by Crippen LogP contribution is -2.04. The third-order valence-electron chi connectivity index (χ3n) is 32.5. The number of benzene rings is 20. The van der Waals surface area contributed by atoms with Crippen LogP contribution in [0.2, 0.25) is 0 Å². The number of aryl methyl sites for hydroxylation is 12. The van der Waals surface area contributed by atoms with E-state index < -0.39 is 0 Å².